The highest BCUT2D eigenvalue weighted by molar-refractivity contribution is 7.09. The zero-order chi connectivity index (χ0) is 16.1. The highest BCUT2D eigenvalue weighted by atomic mass is 32.1. The summed E-state index contributed by atoms with van der Waals surface area (Å²) in [6, 6.07) is -0.618. The number of thiazole rings is 1. The van der Waals surface area contributed by atoms with Gasteiger partial charge in [0.2, 0.25) is 0 Å². The third-order valence-electron chi connectivity index (χ3n) is 3.38. The molecule has 1 aromatic heterocycles. The molecule has 2 heterocycles. The highest BCUT2D eigenvalue weighted by Crippen LogP contribution is 2.17. The zero-order valence-electron chi connectivity index (χ0n) is 12.9. The quantitative estimate of drug-likeness (QED) is 0.820. The minimum absolute atomic E-state index is 0.121. The van der Waals surface area contributed by atoms with E-state index in [0.29, 0.717) is 31.0 Å². The molecular formula is C14H20N4O3S. The van der Waals surface area contributed by atoms with E-state index in [9.17, 15) is 9.59 Å². The molecule has 120 valence electrons. The van der Waals surface area contributed by atoms with Crippen molar-refractivity contribution in [2.24, 2.45) is 0 Å². The van der Waals surface area contributed by atoms with E-state index in [1.165, 1.54) is 11.3 Å². The van der Waals surface area contributed by atoms with Crippen LogP contribution in [0, 0.1) is 0 Å². The van der Waals surface area contributed by atoms with Crippen molar-refractivity contribution >= 4 is 23.3 Å². The number of hydrogen-bond acceptors (Lipinski definition) is 5. The average Bonchev–Trinajstić information content (AvgIpc) is 2.95. The van der Waals surface area contributed by atoms with Gasteiger partial charge in [-0.1, -0.05) is 0 Å². The smallest absolute Gasteiger partial charge is 0.319 e. The Morgan fingerprint density at radius 3 is 2.91 bits per heavy atom. The molecule has 3 amide bonds. The highest BCUT2D eigenvalue weighted by Gasteiger charge is 2.30. The molecule has 0 saturated carbocycles. The number of amides is 3. The van der Waals surface area contributed by atoms with Crippen molar-refractivity contribution in [3.05, 3.63) is 27.9 Å². The molecule has 8 heteroatoms. The number of nitrogens with one attached hydrogen (secondary N) is 2. The zero-order valence-corrected chi connectivity index (χ0v) is 13.7. The number of rotatable bonds is 6. The molecule has 1 aromatic rings. The lowest BCUT2D eigenvalue weighted by Gasteiger charge is -2.30. The second kappa shape index (κ2) is 7.37. The summed E-state index contributed by atoms with van der Waals surface area (Å²) in [6.45, 7) is 4.87. The van der Waals surface area contributed by atoms with Crippen LogP contribution in [0.15, 0.2) is 22.8 Å². The molecule has 0 aliphatic carbocycles. The van der Waals surface area contributed by atoms with Crippen molar-refractivity contribution in [1.29, 1.82) is 0 Å². The van der Waals surface area contributed by atoms with Crippen LogP contribution in [0.5, 0.6) is 0 Å². The van der Waals surface area contributed by atoms with Crippen LogP contribution in [0.1, 0.15) is 18.9 Å². The molecule has 1 unspecified atom stereocenters. The SMILES string of the molecule is COCCN(Cc1nccs1)C(=O)C1=C(C)NC(=O)NC1C. The van der Waals surface area contributed by atoms with E-state index in [1.807, 2.05) is 5.38 Å². The van der Waals surface area contributed by atoms with E-state index in [2.05, 4.69) is 15.6 Å². The maximum Gasteiger partial charge on any atom is 0.319 e. The maximum atomic E-state index is 12.9. The standard InChI is InChI=1S/C14H20N4O3S/c1-9-12(10(2)17-14(20)16-9)13(19)18(5-6-21-3)8-11-15-4-7-22-11/h4,7,9H,5-6,8H2,1-3H3,(H2,16,17,20). The Balaban J connectivity index is 2.20. The van der Waals surface area contributed by atoms with Crippen LogP contribution in [0.25, 0.3) is 0 Å². The Morgan fingerprint density at radius 2 is 2.32 bits per heavy atom. The van der Waals surface area contributed by atoms with E-state index < -0.39 is 0 Å². The lowest BCUT2D eigenvalue weighted by atomic mass is 10.0. The summed E-state index contributed by atoms with van der Waals surface area (Å²) in [7, 11) is 1.60. The normalized spacial score (nSPS) is 18.0. The predicted molar refractivity (Wildman–Crippen MR) is 83.2 cm³/mol. The van der Waals surface area contributed by atoms with E-state index in [1.54, 1.807) is 32.1 Å². The lowest BCUT2D eigenvalue weighted by molar-refractivity contribution is -0.128. The van der Waals surface area contributed by atoms with E-state index in [0.717, 1.165) is 5.01 Å². The first-order valence-electron chi connectivity index (χ1n) is 6.97. The Labute approximate surface area is 133 Å². The van der Waals surface area contributed by atoms with Crippen molar-refractivity contribution in [2.75, 3.05) is 20.3 Å². The third kappa shape index (κ3) is 3.83. The summed E-state index contributed by atoms with van der Waals surface area (Å²) in [5, 5.41) is 8.10. The van der Waals surface area contributed by atoms with Gasteiger partial charge in [0.15, 0.2) is 0 Å². The second-order valence-corrected chi connectivity index (χ2v) is 5.98. The van der Waals surface area contributed by atoms with Crippen LogP contribution < -0.4 is 10.6 Å². The molecule has 1 atom stereocenters. The Hall–Kier alpha value is -1.93. The fraction of sp³-hybridized carbons (Fsp3) is 0.500. The van der Waals surface area contributed by atoms with Gasteiger partial charge in [0.1, 0.15) is 5.01 Å². The van der Waals surface area contributed by atoms with Gasteiger partial charge >= 0.3 is 6.03 Å². The number of hydrogen-bond donors (Lipinski definition) is 2. The maximum absolute atomic E-state index is 12.9. The molecule has 0 radical (unpaired) electrons. The minimum Gasteiger partial charge on any atom is -0.383 e. The van der Waals surface area contributed by atoms with Crippen LogP contribution in [0.3, 0.4) is 0 Å². The molecule has 1 aliphatic rings. The van der Waals surface area contributed by atoms with Gasteiger partial charge in [-0.15, -0.1) is 11.3 Å². The molecule has 0 saturated heterocycles. The van der Waals surface area contributed by atoms with Gasteiger partial charge in [-0.25, -0.2) is 9.78 Å². The molecule has 7 nitrogen and oxygen atoms in total. The Morgan fingerprint density at radius 1 is 1.55 bits per heavy atom. The van der Waals surface area contributed by atoms with Gasteiger partial charge in [-0.05, 0) is 13.8 Å². The number of carbonyl (C=O) groups is 2. The van der Waals surface area contributed by atoms with Crippen LogP contribution >= 0.6 is 11.3 Å². The van der Waals surface area contributed by atoms with Gasteiger partial charge in [-0.3, -0.25) is 4.79 Å². The number of carbonyl (C=O) groups excluding carboxylic acids is 2. The van der Waals surface area contributed by atoms with E-state index in [-0.39, 0.29) is 18.0 Å². The average molecular weight is 324 g/mol. The molecule has 0 aromatic carbocycles. The largest absolute Gasteiger partial charge is 0.383 e. The van der Waals surface area contributed by atoms with Gasteiger partial charge < -0.3 is 20.3 Å². The minimum atomic E-state index is -0.331. The first-order valence-corrected chi connectivity index (χ1v) is 7.85. The van der Waals surface area contributed by atoms with E-state index >= 15 is 0 Å². The fourth-order valence-corrected chi connectivity index (χ4v) is 2.96. The van der Waals surface area contributed by atoms with Crippen molar-refractivity contribution < 1.29 is 14.3 Å². The molecule has 1 aliphatic heterocycles. The summed E-state index contributed by atoms with van der Waals surface area (Å²) in [4.78, 5) is 30.2. The number of aromatic nitrogens is 1. The van der Waals surface area contributed by atoms with E-state index in [4.69, 9.17) is 4.74 Å². The fourth-order valence-electron chi connectivity index (χ4n) is 2.33. The molecule has 0 fully saturated rings. The van der Waals surface area contributed by atoms with Crippen molar-refractivity contribution in [1.82, 2.24) is 20.5 Å². The molecule has 0 bridgehead atoms. The summed E-state index contributed by atoms with van der Waals surface area (Å²) < 4.78 is 5.09. The predicted octanol–water partition coefficient (Wildman–Crippen LogP) is 1.09. The molecular weight excluding hydrogens is 304 g/mol. The van der Waals surface area contributed by atoms with Crippen molar-refractivity contribution in [2.45, 2.75) is 26.4 Å². The number of methoxy groups -OCH3 is 1. The number of ether oxygens (including phenoxy) is 1. The van der Waals surface area contributed by atoms with Gasteiger partial charge in [0, 0.05) is 30.9 Å². The summed E-state index contributed by atoms with van der Waals surface area (Å²) >= 11 is 1.50. The van der Waals surface area contributed by atoms with Gasteiger partial charge in [0.25, 0.3) is 5.91 Å². The van der Waals surface area contributed by atoms with Crippen LogP contribution in [0.2, 0.25) is 0 Å². The van der Waals surface area contributed by atoms with Gasteiger partial charge in [0.05, 0.1) is 24.8 Å². The number of nitrogens with zero attached hydrogens (tertiary/aromatic N) is 2. The van der Waals surface area contributed by atoms with Crippen LogP contribution in [-0.4, -0.2) is 48.1 Å². The first kappa shape index (κ1) is 16.4. The Bertz CT molecular complexity index is 571. The second-order valence-electron chi connectivity index (χ2n) is 5.00. The molecule has 2 rings (SSSR count). The van der Waals surface area contributed by atoms with Crippen molar-refractivity contribution in [3.63, 3.8) is 0 Å². The molecule has 22 heavy (non-hydrogen) atoms. The first-order chi connectivity index (χ1) is 10.5. The number of allylic oxidation sites excluding steroid dienone is 1. The van der Waals surface area contributed by atoms with Crippen LogP contribution in [-0.2, 0) is 16.1 Å². The topological polar surface area (TPSA) is 83.6 Å². The monoisotopic (exact) mass is 324 g/mol. The third-order valence-corrected chi connectivity index (χ3v) is 4.14. The Kier molecular flexibility index (Phi) is 5.51. The van der Waals surface area contributed by atoms with Crippen molar-refractivity contribution in [3.8, 4) is 0 Å². The lowest BCUT2D eigenvalue weighted by Crippen LogP contribution is -2.51. The summed E-state index contributed by atoms with van der Waals surface area (Å²) in [5.74, 6) is -0.121. The van der Waals surface area contributed by atoms with Gasteiger partial charge in [-0.2, -0.15) is 0 Å². The number of urea groups is 1. The molecule has 2 N–H and O–H groups in total. The summed E-state index contributed by atoms with van der Waals surface area (Å²) in [6.07, 6.45) is 1.72. The van der Waals surface area contributed by atoms with Crippen LogP contribution in [0.4, 0.5) is 4.79 Å². The summed E-state index contributed by atoms with van der Waals surface area (Å²) in [5.41, 5.74) is 1.15. The molecule has 0 spiro atoms.